The number of benzene rings is 4. The van der Waals surface area contributed by atoms with E-state index in [9.17, 15) is 27.6 Å². The number of aromatic carboxylic acids is 2. The number of nitrogens with two attached hydrogens (primary N) is 1. The number of Topliss-reactive ketones (excluding diaryl/α,β-unsaturated/α-hetero) is 1. The highest BCUT2D eigenvalue weighted by Gasteiger charge is 2.34. The Morgan fingerprint density at radius 3 is 1.75 bits per heavy atom. The second kappa shape index (κ2) is 15.8. The van der Waals surface area contributed by atoms with Gasteiger partial charge in [0, 0.05) is 34.5 Å². The van der Waals surface area contributed by atoms with Gasteiger partial charge in [0.25, 0.3) is 5.89 Å². The lowest BCUT2D eigenvalue weighted by atomic mass is 10.0. The SMILES string of the molecule is C=C(N)c1ccc(C(=O)O)cc1C(F)(F)F.CC(=O)c1cc2c(C)ccc(C)c2o1.Cc1cc(C(=O)O)ccc1-c1noc(-c2cc3c(C)ccc(C)c3o2)n1. The van der Waals surface area contributed by atoms with Crippen LogP contribution in [0.25, 0.3) is 50.7 Å². The summed E-state index contributed by atoms with van der Waals surface area (Å²) >= 11 is 0. The zero-order chi connectivity index (χ0) is 41.2. The molecule has 4 N–H and O–H groups in total. The molecular formula is C42H36F3N3O8. The number of carbonyl (C=O) groups excluding carboxylic acids is 1. The number of hydrogen-bond donors (Lipinski definition) is 3. The lowest BCUT2D eigenvalue weighted by molar-refractivity contribution is -0.137. The van der Waals surface area contributed by atoms with Crippen molar-refractivity contribution in [2.45, 2.75) is 47.7 Å². The molecule has 0 aliphatic heterocycles. The first-order chi connectivity index (χ1) is 26.3. The summed E-state index contributed by atoms with van der Waals surface area (Å²) < 4.78 is 54.5. The predicted molar refractivity (Wildman–Crippen MR) is 203 cm³/mol. The Kier molecular flexibility index (Phi) is 11.3. The first kappa shape index (κ1) is 40.2. The van der Waals surface area contributed by atoms with Gasteiger partial charge in [0.1, 0.15) is 11.2 Å². The summed E-state index contributed by atoms with van der Waals surface area (Å²) in [4.78, 5) is 37.2. The zero-order valence-electron chi connectivity index (χ0n) is 31.1. The Balaban J connectivity index is 0.000000172. The smallest absolute Gasteiger partial charge is 0.417 e. The molecule has 0 amide bonds. The Labute approximate surface area is 317 Å². The van der Waals surface area contributed by atoms with Gasteiger partial charge in [-0.25, -0.2) is 9.59 Å². The van der Waals surface area contributed by atoms with Gasteiger partial charge in [0.2, 0.25) is 5.82 Å². The molecule has 4 aromatic carbocycles. The van der Waals surface area contributed by atoms with Crippen molar-refractivity contribution in [3.63, 3.8) is 0 Å². The van der Waals surface area contributed by atoms with E-state index in [-0.39, 0.29) is 28.5 Å². The van der Waals surface area contributed by atoms with E-state index < -0.39 is 29.2 Å². The number of carboxylic acids is 2. The van der Waals surface area contributed by atoms with Crippen molar-refractivity contribution in [1.29, 1.82) is 0 Å². The number of halogens is 3. The number of rotatable bonds is 6. The maximum Gasteiger partial charge on any atom is 0.417 e. The molecule has 56 heavy (non-hydrogen) atoms. The number of aryl methyl sites for hydroxylation is 5. The Morgan fingerprint density at radius 2 is 1.25 bits per heavy atom. The average molecular weight is 768 g/mol. The lowest BCUT2D eigenvalue weighted by Crippen LogP contribution is -2.12. The molecule has 0 atom stereocenters. The highest BCUT2D eigenvalue weighted by molar-refractivity contribution is 5.97. The van der Waals surface area contributed by atoms with Gasteiger partial charge in [0.15, 0.2) is 17.3 Å². The van der Waals surface area contributed by atoms with Crippen LogP contribution in [0.2, 0.25) is 0 Å². The van der Waals surface area contributed by atoms with Gasteiger partial charge in [-0.3, -0.25) is 4.79 Å². The van der Waals surface area contributed by atoms with Gasteiger partial charge in [-0.1, -0.05) is 42.1 Å². The van der Waals surface area contributed by atoms with E-state index in [2.05, 4.69) is 16.7 Å². The number of hydrogen-bond acceptors (Lipinski definition) is 9. The molecule has 3 aromatic heterocycles. The van der Waals surface area contributed by atoms with Crippen molar-refractivity contribution < 1.29 is 51.1 Å². The quantitative estimate of drug-likeness (QED) is 0.137. The zero-order valence-corrected chi connectivity index (χ0v) is 31.1. The van der Waals surface area contributed by atoms with Crippen LogP contribution in [0.1, 0.15) is 77.1 Å². The van der Waals surface area contributed by atoms with E-state index in [0.717, 1.165) is 61.9 Å². The standard InChI is InChI=1S/C20H16N2O4.C12H12O2.C10H8F3NO2/c1-10-4-5-11(2)17-15(10)9-16(25-17)19-21-18(22-26-19)14-7-6-13(20(23)24)8-12(14)3;1-7-4-5-8(2)12-10(7)6-11(14-12)9(3)13;1-5(14)7-3-2-6(9(15)16)4-8(7)10(11,12)13/h4-9H,1-3H3,(H,23,24);4-6H,1-3H3;2-4H,1,14H2,(H,15,16). The molecule has 0 radical (unpaired) electrons. The Bertz CT molecular complexity index is 2590. The lowest BCUT2D eigenvalue weighted by Gasteiger charge is -2.13. The van der Waals surface area contributed by atoms with Crippen molar-refractivity contribution in [1.82, 2.24) is 10.1 Å². The predicted octanol–water partition coefficient (Wildman–Crippen LogP) is 10.4. The van der Waals surface area contributed by atoms with Gasteiger partial charge in [-0.2, -0.15) is 18.2 Å². The largest absolute Gasteiger partial charge is 0.478 e. The van der Waals surface area contributed by atoms with Gasteiger partial charge >= 0.3 is 18.1 Å². The minimum absolute atomic E-state index is 0.0278. The fraction of sp³-hybridized carbons (Fsp3) is 0.167. The number of carbonyl (C=O) groups is 3. The molecule has 11 nitrogen and oxygen atoms in total. The van der Waals surface area contributed by atoms with Gasteiger partial charge in [-0.05, 0) is 105 Å². The van der Waals surface area contributed by atoms with E-state index in [4.69, 9.17) is 29.3 Å². The number of alkyl halides is 3. The molecule has 0 aliphatic rings. The molecule has 0 fully saturated rings. The monoisotopic (exact) mass is 767 g/mol. The molecule has 7 rings (SSSR count). The van der Waals surface area contributed by atoms with E-state index in [0.29, 0.717) is 29.0 Å². The molecule has 0 spiro atoms. The number of carboxylic acid groups (broad SMARTS) is 2. The van der Waals surface area contributed by atoms with Crippen LogP contribution in [0, 0.1) is 34.6 Å². The van der Waals surface area contributed by atoms with Crippen LogP contribution >= 0.6 is 0 Å². The van der Waals surface area contributed by atoms with Crippen molar-refractivity contribution >= 4 is 45.4 Å². The van der Waals surface area contributed by atoms with E-state index in [1.54, 1.807) is 12.1 Å². The van der Waals surface area contributed by atoms with Crippen molar-refractivity contribution in [2.75, 3.05) is 0 Å². The fourth-order valence-corrected chi connectivity index (χ4v) is 5.74. The summed E-state index contributed by atoms with van der Waals surface area (Å²) in [5.41, 5.74) is 10.8. The summed E-state index contributed by atoms with van der Waals surface area (Å²) in [6, 6.07) is 19.2. The van der Waals surface area contributed by atoms with E-state index in [1.165, 1.54) is 13.0 Å². The highest BCUT2D eigenvalue weighted by Crippen LogP contribution is 2.35. The molecule has 288 valence electrons. The summed E-state index contributed by atoms with van der Waals surface area (Å²) in [5.74, 6) is -0.797. The normalized spacial score (nSPS) is 11.1. The Hall–Kier alpha value is -6.96. The number of furan rings is 2. The third-order valence-electron chi connectivity index (χ3n) is 8.81. The number of fused-ring (bicyclic) bond motifs is 2. The van der Waals surface area contributed by atoms with Crippen LogP contribution in [0.3, 0.4) is 0 Å². The minimum atomic E-state index is -4.66. The summed E-state index contributed by atoms with van der Waals surface area (Å²) in [6.07, 6.45) is -4.66. The number of ketones is 1. The van der Waals surface area contributed by atoms with Crippen molar-refractivity contribution in [3.8, 4) is 23.0 Å². The Morgan fingerprint density at radius 1 is 0.714 bits per heavy atom. The fourth-order valence-electron chi connectivity index (χ4n) is 5.74. The van der Waals surface area contributed by atoms with Gasteiger partial charge in [0.05, 0.1) is 16.7 Å². The van der Waals surface area contributed by atoms with Crippen molar-refractivity contribution in [3.05, 3.63) is 135 Å². The summed E-state index contributed by atoms with van der Waals surface area (Å²) in [5, 5.41) is 23.7. The molecular weight excluding hydrogens is 731 g/mol. The molecule has 0 saturated carbocycles. The summed E-state index contributed by atoms with van der Waals surface area (Å²) in [6.45, 7) is 14.5. The van der Waals surface area contributed by atoms with Gasteiger partial charge < -0.3 is 29.3 Å². The molecule has 0 aliphatic carbocycles. The molecule has 7 aromatic rings. The van der Waals surface area contributed by atoms with Crippen LogP contribution in [0.5, 0.6) is 0 Å². The van der Waals surface area contributed by atoms with E-state index >= 15 is 0 Å². The molecule has 0 unspecified atom stereocenters. The topological polar surface area (TPSA) is 183 Å². The molecule has 14 heteroatoms. The second-order valence-electron chi connectivity index (χ2n) is 13.0. The third-order valence-corrected chi connectivity index (χ3v) is 8.81. The molecule has 0 bridgehead atoms. The van der Waals surface area contributed by atoms with Crippen molar-refractivity contribution in [2.24, 2.45) is 5.73 Å². The maximum atomic E-state index is 12.6. The summed E-state index contributed by atoms with van der Waals surface area (Å²) in [7, 11) is 0. The number of aromatic nitrogens is 2. The van der Waals surface area contributed by atoms with Crippen LogP contribution in [-0.4, -0.2) is 38.1 Å². The van der Waals surface area contributed by atoms with Crippen LogP contribution in [0.4, 0.5) is 13.2 Å². The number of nitrogens with zero attached hydrogens (tertiary/aromatic N) is 2. The van der Waals surface area contributed by atoms with E-state index in [1.807, 2.05) is 71.0 Å². The second-order valence-corrected chi connectivity index (χ2v) is 13.0. The van der Waals surface area contributed by atoms with Crippen LogP contribution < -0.4 is 5.73 Å². The average Bonchev–Trinajstić information content (AvgIpc) is 3.91. The molecule has 3 heterocycles. The highest BCUT2D eigenvalue weighted by atomic mass is 19.4. The van der Waals surface area contributed by atoms with Crippen LogP contribution in [-0.2, 0) is 6.18 Å². The van der Waals surface area contributed by atoms with Gasteiger partial charge in [-0.15, -0.1) is 0 Å². The third kappa shape index (κ3) is 8.54. The first-order valence-electron chi connectivity index (χ1n) is 16.8. The first-order valence-corrected chi connectivity index (χ1v) is 16.8. The molecule has 0 saturated heterocycles. The maximum absolute atomic E-state index is 12.6. The minimum Gasteiger partial charge on any atom is -0.478 e. The van der Waals surface area contributed by atoms with Crippen LogP contribution in [0.15, 0.2) is 92.7 Å².